The Bertz CT molecular complexity index is 935. The van der Waals surface area contributed by atoms with Crippen molar-refractivity contribution < 1.29 is 19.1 Å². The number of Topliss-reactive ketones (excluding diaryl/α,β-unsaturated/α-hetero) is 2. The summed E-state index contributed by atoms with van der Waals surface area (Å²) in [6, 6.07) is 19.2. The minimum absolute atomic E-state index is 0.159. The van der Waals surface area contributed by atoms with Crippen molar-refractivity contribution in [3.05, 3.63) is 84.2 Å². The maximum atomic E-state index is 12.5. The van der Waals surface area contributed by atoms with Crippen LogP contribution < -0.4 is 9.47 Å². The minimum Gasteiger partial charge on any atom is -0.473 e. The number of benzene rings is 2. The normalized spacial score (nSPS) is 15.4. The zero-order valence-electron chi connectivity index (χ0n) is 13.1. The Morgan fingerprint density at radius 1 is 0.920 bits per heavy atom. The van der Waals surface area contributed by atoms with Gasteiger partial charge >= 0.3 is 0 Å². The quantitative estimate of drug-likeness (QED) is 0.539. The fourth-order valence-electron chi connectivity index (χ4n) is 2.61. The summed E-state index contributed by atoms with van der Waals surface area (Å²) in [4.78, 5) is 29.0. The summed E-state index contributed by atoms with van der Waals surface area (Å²) in [6.45, 7) is 0. The van der Waals surface area contributed by atoms with Gasteiger partial charge in [-0.1, -0.05) is 30.3 Å². The van der Waals surface area contributed by atoms with Gasteiger partial charge in [0.2, 0.25) is 17.7 Å². The van der Waals surface area contributed by atoms with Gasteiger partial charge in [-0.2, -0.15) is 0 Å². The van der Waals surface area contributed by atoms with Gasteiger partial charge in [0.05, 0.1) is 11.8 Å². The number of carbonyl (C=O) groups excluding carboxylic acids is 2. The van der Waals surface area contributed by atoms with Gasteiger partial charge in [-0.3, -0.25) is 9.59 Å². The first kappa shape index (κ1) is 15.1. The molecule has 0 N–H and O–H groups in total. The van der Waals surface area contributed by atoms with Gasteiger partial charge in [0, 0.05) is 0 Å². The zero-order valence-corrected chi connectivity index (χ0v) is 13.1. The van der Waals surface area contributed by atoms with Crippen LogP contribution in [0.3, 0.4) is 0 Å². The van der Waals surface area contributed by atoms with Crippen molar-refractivity contribution in [2.75, 3.05) is 0 Å². The largest absolute Gasteiger partial charge is 0.473 e. The summed E-state index contributed by atoms with van der Waals surface area (Å²) in [5.74, 6) is 0.798. The van der Waals surface area contributed by atoms with E-state index in [1.165, 1.54) is 12.3 Å². The molecule has 0 saturated heterocycles. The van der Waals surface area contributed by atoms with Gasteiger partial charge in [0.15, 0.2) is 0 Å². The molecule has 5 nitrogen and oxygen atoms in total. The van der Waals surface area contributed by atoms with E-state index in [4.69, 9.17) is 9.47 Å². The molecule has 4 rings (SSSR count). The van der Waals surface area contributed by atoms with Crippen LogP contribution >= 0.6 is 0 Å². The third-order valence-electron chi connectivity index (χ3n) is 3.84. The first-order valence-electron chi connectivity index (χ1n) is 7.75. The van der Waals surface area contributed by atoms with E-state index in [9.17, 15) is 9.59 Å². The molecule has 1 aromatic heterocycles. The van der Waals surface area contributed by atoms with Gasteiger partial charge < -0.3 is 9.47 Å². The maximum absolute atomic E-state index is 12.5. The molecular weight excluding hydrogens is 318 g/mol. The van der Waals surface area contributed by atoms with Crippen molar-refractivity contribution in [1.82, 2.24) is 4.98 Å². The lowest BCUT2D eigenvalue weighted by molar-refractivity contribution is 0.0716. The number of rotatable bonds is 4. The maximum Gasteiger partial charge on any atom is 0.229 e. The van der Waals surface area contributed by atoms with E-state index in [0.29, 0.717) is 22.8 Å². The average Bonchev–Trinajstić information content (AvgIpc) is 3.00. The van der Waals surface area contributed by atoms with Crippen LogP contribution in [0.1, 0.15) is 20.8 Å². The molecule has 1 atom stereocenters. The Kier molecular flexibility index (Phi) is 3.74. The number of ketones is 2. The lowest BCUT2D eigenvalue weighted by Crippen LogP contribution is -2.31. The number of fused-ring (bicyclic) bond motifs is 1. The minimum atomic E-state index is -1.18. The van der Waals surface area contributed by atoms with Crippen LogP contribution in [0.15, 0.2) is 72.9 Å². The van der Waals surface area contributed by atoms with Gasteiger partial charge in [-0.05, 0) is 36.4 Å². The summed E-state index contributed by atoms with van der Waals surface area (Å²) in [6.07, 6.45) is 0.276. The van der Waals surface area contributed by atoms with E-state index in [-0.39, 0.29) is 11.5 Å². The Morgan fingerprint density at radius 2 is 1.68 bits per heavy atom. The third kappa shape index (κ3) is 2.87. The standard InChI is InChI=1S/C20H13NO4/c22-18-15-8-4-5-9-17(15)25-20(18)19(23)16-11-10-14(12-21-16)24-13-6-2-1-3-7-13/h1-12,20H. The lowest BCUT2D eigenvalue weighted by atomic mass is 10.0. The van der Waals surface area contributed by atoms with E-state index < -0.39 is 11.9 Å². The van der Waals surface area contributed by atoms with Crippen molar-refractivity contribution in [3.63, 3.8) is 0 Å². The number of hydrogen-bond donors (Lipinski definition) is 0. The highest BCUT2D eigenvalue weighted by atomic mass is 16.5. The molecule has 2 aromatic carbocycles. The van der Waals surface area contributed by atoms with E-state index in [2.05, 4.69) is 4.98 Å². The number of carbonyl (C=O) groups is 2. The number of para-hydroxylation sites is 2. The topological polar surface area (TPSA) is 65.5 Å². The zero-order chi connectivity index (χ0) is 17.2. The molecule has 0 bridgehead atoms. The molecule has 122 valence electrons. The van der Waals surface area contributed by atoms with Crippen molar-refractivity contribution in [1.29, 1.82) is 0 Å². The molecule has 25 heavy (non-hydrogen) atoms. The van der Waals surface area contributed by atoms with Crippen molar-refractivity contribution in [3.8, 4) is 17.2 Å². The van der Waals surface area contributed by atoms with Crippen molar-refractivity contribution >= 4 is 11.6 Å². The van der Waals surface area contributed by atoms with E-state index >= 15 is 0 Å². The van der Waals surface area contributed by atoms with Crippen molar-refractivity contribution in [2.45, 2.75) is 6.10 Å². The first-order valence-corrected chi connectivity index (χ1v) is 7.75. The van der Waals surface area contributed by atoms with Crippen LogP contribution in [-0.2, 0) is 0 Å². The number of pyridine rings is 1. The molecule has 0 aliphatic carbocycles. The summed E-state index contributed by atoms with van der Waals surface area (Å²) >= 11 is 0. The number of hydrogen-bond acceptors (Lipinski definition) is 5. The van der Waals surface area contributed by atoms with Crippen molar-refractivity contribution in [2.24, 2.45) is 0 Å². The second kappa shape index (κ2) is 6.20. The Morgan fingerprint density at radius 3 is 2.40 bits per heavy atom. The van der Waals surface area contributed by atoms with Crippen LogP contribution in [0.25, 0.3) is 0 Å². The molecule has 3 aromatic rings. The van der Waals surface area contributed by atoms with Crippen LogP contribution in [0.2, 0.25) is 0 Å². The van der Waals surface area contributed by atoms with Gasteiger partial charge in [-0.15, -0.1) is 0 Å². The molecule has 1 aliphatic rings. The molecule has 0 fully saturated rings. The SMILES string of the molecule is O=C(c1ccc(Oc2ccccc2)cn1)C1Oc2ccccc2C1=O. The highest BCUT2D eigenvalue weighted by Gasteiger charge is 2.38. The van der Waals surface area contributed by atoms with Crippen LogP contribution in [0, 0.1) is 0 Å². The predicted octanol–water partition coefficient (Wildman–Crippen LogP) is 3.70. The van der Waals surface area contributed by atoms with Gasteiger partial charge in [0.1, 0.15) is 22.9 Å². The Balaban J connectivity index is 1.51. The molecule has 5 heteroatoms. The molecule has 0 amide bonds. The highest BCUT2D eigenvalue weighted by Crippen LogP contribution is 2.29. The Hall–Kier alpha value is -3.47. The van der Waals surface area contributed by atoms with Crippen LogP contribution in [-0.4, -0.2) is 22.7 Å². The molecule has 1 aliphatic heterocycles. The summed E-state index contributed by atoms with van der Waals surface area (Å²) in [5.41, 5.74) is 0.580. The third-order valence-corrected chi connectivity index (χ3v) is 3.84. The average molecular weight is 331 g/mol. The predicted molar refractivity (Wildman–Crippen MR) is 90.3 cm³/mol. The fourth-order valence-corrected chi connectivity index (χ4v) is 2.61. The molecule has 0 radical (unpaired) electrons. The van der Waals surface area contributed by atoms with E-state index in [1.807, 2.05) is 30.3 Å². The Labute approximate surface area is 143 Å². The van der Waals surface area contributed by atoms with E-state index in [0.717, 1.165) is 0 Å². The van der Waals surface area contributed by atoms with Gasteiger partial charge in [0.25, 0.3) is 0 Å². The molecule has 0 saturated carbocycles. The smallest absolute Gasteiger partial charge is 0.229 e. The molecule has 1 unspecified atom stereocenters. The first-order chi connectivity index (χ1) is 12.2. The molecule has 0 spiro atoms. The monoisotopic (exact) mass is 331 g/mol. The van der Waals surface area contributed by atoms with Crippen LogP contribution in [0.5, 0.6) is 17.2 Å². The number of nitrogens with zero attached hydrogens (tertiary/aromatic N) is 1. The fraction of sp³-hybridized carbons (Fsp3) is 0.0500. The summed E-state index contributed by atoms with van der Waals surface area (Å²) < 4.78 is 11.1. The summed E-state index contributed by atoms with van der Waals surface area (Å²) in [7, 11) is 0. The molecular formula is C20H13NO4. The second-order valence-electron chi connectivity index (χ2n) is 5.52. The van der Waals surface area contributed by atoms with Crippen LogP contribution in [0.4, 0.5) is 0 Å². The molecule has 2 heterocycles. The number of aromatic nitrogens is 1. The van der Waals surface area contributed by atoms with E-state index in [1.54, 1.807) is 30.3 Å². The summed E-state index contributed by atoms with van der Waals surface area (Å²) in [5, 5.41) is 0. The lowest BCUT2D eigenvalue weighted by Gasteiger charge is -2.09. The number of ether oxygens (including phenoxy) is 2. The van der Waals surface area contributed by atoms with Gasteiger partial charge in [-0.25, -0.2) is 4.98 Å². The second-order valence-corrected chi connectivity index (χ2v) is 5.52. The highest BCUT2D eigenvalue weighted by molar-refractivity contribution is 6.20.